The highest BCUT2D eigenvalue weighted by molar-refractivity contribution is 7.59. The number of rotatable bonds is 5. The summed E-state index contributed by atoms with van der Waals surface area (Å²) in [5.41, 5.74) is 2.07. The Morgan fingerprint density at radius 2 is 1.86 bits per heavy atom. The van der Waals surface area contributed by atoms with Crippen LogP contribution in [0.15, 0.2) is 0 Å². The highest BCUT2D eigenvalue weighted by atomic mass is 32.1. The third-order valence-electron chi connectivity index (χ3n) is 1.58. The van der Waals surface area contributed by atoms with Gasteiger partial charge in [0.15, 0.2) is 0 Å². The fourth-order valence-electron chi connectivity index (χ4n) is 0.756. The molecule has 0 radical (unpaired) electrons. The van der Waals surface area contributed by atoms with Crippen molar-refractivity contribution in [2.45, 2.75) is 46.0 Å². The molecule has 0 aliphatic heterocycles. The molecule has 1 amide bonds. The van der Waals surface area contributed by atoms with Gasteiger partial charge in [0, 0.05) is 12.8 Å². The Kier molecular flexibility index (Phi) is 11.7. The molecule has 0 saturated carbocycles. The second-order valence-corrected chi connectivity index (χ2v) is 2.81. The SMILES string of the molecule is CCCCCC(=O)ONC(=O)CC.S. The fourth-order valence-corrected chi connectivity index (χ4v) is 0.756. The van der Waals surface area contributed by atoms with Gasteiger partial charge in [-0.25, -0.2) is 4.79 Å². The van der Waals surface area contributed by atoms with Crippen LogP contribution in [-0.2, 0) is 14.4 Å². The molecule has 84 valence electrons. The zero-order valence-electron chi connectivity index (χ0n) is 8.76. The standard InChI is InChI=1S/C9H17NO3.H2S/c1-3-5-6-7-9(12)13-10-8(11)4-2;/h3-7H2,1-2H3,(H,10,11);1H2. The van der Waals surface area contributed by atoms with Crippen LogP contribution in [0.3, 0.4) is 0 Å². The molecular formula is C9H19NO3S. The van der Waals surface area contributed by atoms with E-state index in [9.17, 15) is 9.59 Å². The van der Waals surface area contributed by atoms with Crippen LogP contribution in [0.1, 0.15) is 46.0 Å². The van der Waals surface area contributed by atoms with E-state index in [-0.39, 0.29) is 25.4 Å². The minimum absolute atomic E-state index is 0. The van der Waals surface area contributed by atoms with Gasteiger partial charge in [0.25, 0.3) is 5.91 Å². The number of hydrogen-bond donors (Lipinski definition) is 1. The molecule has 0 aromatic heterocycles. The van der Waals surface area contributed by atoms with E-state index in [0.717, 1.165) is 19.3 Å². The monoisotopic (exact) mass is 221 g/mol. The fraction of sp³-hybridized carbons (Fsp3) is 0.778. The van der Waals surface area contributed by atoms with E-state index in [4.69, 9.17) is 0 Å². The van der Waals surface area contributed by atoms with Crippen molar-refractivity contribution in [1.29, 1.82) is 0 Å². The zero-order valence-corrected chi connectivity index (χ0v) is 9.76. The van der Waals surface area contributed by atoms with Gasteiger partial charge in [-0.1, -0.05) is 26.7 Å². The summed E-state index contributed by atoms with van der Waals surface area (Å²) >= 11 is 0. The number of amides is 1. The third kappa shape index (κ3) is 9.38. The van der Waals surface area contributed by atoms with Crippen LogP contribution in [0.25, 0.3) is 0 Å². The number of unbranched alkanes of at least 4 members (excludes halogenated alkanes) is 2. The van der Waals surface area contributed by atoms with E-state index in [2.05, 4.69) is 17.2 Å². The number of nitrogens with one attached hydrogen (secondary N) is 1. The lowest BCUT2D eigenvalue weighted by molar-refractivity contribution is -0.158. The molecule has 0 aliphatic rings. The van der Waals surface area contributed by atoms with Crippen LogP contribution in [0.4, 0.5) is 0 Å². The highest BCUT2D eigenvalue weighted by Gasteiger charge is 2.04. The number of carbonyl (C=O) groups excluding carboxylic acids is 2. The molecule has 0 aromatic rings. The van der Waals surface area contributed by atoms with Crippen LogP contribution in [0, 0.1) is 0 Å². The van der Waals surface area contributed by atoms with Crippen LogP contribution in [0.2, 0.25) is 0 Å². The maximum Gasteiger partial charge on any atom is 0.332 e. The number of hydroxylamine groups is 1. The molecule has 4 nitrogen and oxygen atoms in total. The molecule has 0 fully saturated rings. The Morgan fingerprint density at radius 3 is 2.36 bits per heavy atom. The van der Waals surface area contributed by atoms with Crippen molar-refractivity contribution in [3.05, 3.63) is 0 Å². The van der Waals surface area contributed by atoms with Gasteiger partial charge in [-0.05, 0) is 6.42 Å². The second kappa shape index (κ2) is 10.4. The predicted molar refractivity (Wildman–Crippen MR) is 59.0 cm³/mol. The van der Waals surface area contributed by atoms with E-state index in [1.165, 1.54) is 0 Å². The summed E-state index contributed by atoms with van der Waals surface area (Å²) < 4.78 is 0. The Morgan fingerprint density at radius 1 is 1.21 bits per heavy atom. The molecule has 5 heteroatoms. The van der Waals surface area contributed by atoms with Crippen molar-refractivity contribution < 1.29 is 14.4 Å². The van der Waals surface area contributed by atoms with Crippen LogP contribution in [-0.4, -0.2) is 11.9 Å². The predicted octanol–water partition coefficient (Wildman–Crippen LogP) is 1.66. The summed E-state index contributed by atoms with van der Waals surface area (Å²) in [5, 5.41) is 0. The second-order valence-electron chi connectivity index (χ2n) is 2.81. The van der Waals surface area contributed by atoms with Crippen molar-refractivity contribution in [3.8, 4) is 0 Å². The van der Waals surface area contributed by atoms with Gasteiger partial charge in [-0.3, -0.25) is 4.79 Å². The molecule has 0 rings (SSSR count). The summed E-state index contributed by atoms with van der Waals surface area (Å²) in [6.07, 6.45) is 3.59. The van der Waals surface area contributed by atoms with Crippen molar-refractivity contribution in [3.63, 3.8) is 0 Å². The summed E-state index contributed by atoms with van der Waals surface area (Å²) in [4.78, 5) is 26.1. The van der Waals surface area contributed by atoms with Gasteiger partial charge < -0.3 is 4.84 Å². The summed E-state index contributed by atoms with van der Waals surface area (Å²) in [5.74, 6) is -0.640. The summed E-state index contributed by atoms with van der Waals surface area (Å²) in [6.45, 7) is 3.75. The Hall–Kier alpha value is -0.710. The molecule has 0 aromatic carbocycles. The molecule has 14 heavy (non-hydrogen) atoms. The number of carbonyl (C=O) groups is 2. The number of hydrogen-bond acceptors (Lipinski definition) is 3. The quantitative estimate of drug-likeness (QED) is 0.567. The first-order valence-electron chi connectivity index (χ1n) is 4.69. The lowest BCUT2D eigenvalue weighted by Gasteiger charge is -2.03. The van der Waals surface area contributed by atoms with E-state index in [0.29, 0.717) is 12.8 Å². The van der Waals surface area contributed by atoms with E-state index >= 15 is 0 Å². The van der Waals surface area contributed by atoms with E-state index in [1.807, 2.05) is 0 Å². The summed E-state index contributed by atoms with van der Waals surface area (Å²) in [7, 11) is 0. The molecule has 0 spiro atoms. The Bertz CT molecular complexity index is 173. The van der Waals surface area contributed by atoms with Gasteiger partial charge in [-0.2, -0.15) is 19.0 Å². The topological polar surface area (TPSA) is 55.4 Å². The van der Waals surface area contributed by atoms with E-state index in [1.54, 1.807) is 6.92 Å². The minimum atomic E-state index is -0.366. The largest absolute Gasteiger partial charge is 0.341 e. The molecule has 1 N–H and O–H groups in total. The van der Waals surface area contributed by atoms with Crippen molar-refractivity contribution in [2.24, 2.45) is 0 Å². The molecule has 0 saturated heterocycles. The lowest BCUT2D eigenvalue weighted by Crippen LogP contribution is -2.25. The van der Waals surface area contributed by atoms with Crippen LogP contribution in [0.5, 0.6) is 0 Å². The Labute approximate surface area is 91.8 Å². The van der Waals surface area contributed by atoms with Gasteiger partial charge in [0.05, 0.1) is 0 Å². The molecule has 0 bridgehead atoms. The molecule has 0 aliphatic carbocycles. The van der Waals surface area contributed by atoms with Gasteiger partial charge >= 0.3 is 5.97 Å². The Balaban J connectivity index is 0. The first kappa shape index (κ1) is 15.7. The van der Waals surface area contributed by atoms with Crippen molar-refractivity contribution in [1.82, 2.24) is 5.48 Å². The molecule has 0 unspecified atom stereocenters. The molecular weight excluding hydrogens is 202 g/mol. The van der Waals surface area contributed by atoms with Gasteiger partial charge in [0.2, 0.25) is 0 Å². The third-order valence-corrected chi connectivity index (χ3v) is 1.58. The van der Waals surface area contributed by atoms with Crippen molar-refractivity contribution in [2.75, 3.05) is 0 Å². The average molecular weight is 221 g/mol. The minimum Gasteiger partial charge on any atom is -0.341 e. The average Bonchev–Trinajstić information content (AvgIpc) is 2.14. The maximum absolute atomic E-state index is 10.9. The molecule has 0 heterocycles. The van der Waals surface area contributed by atoms with Gasteiger partial charge in [-0.15, -0.1) is 0 Å². The normalized spacial score (nSPS) is 8.71. The first-order chi connectivity index (χ1) is 6.20. The molecule has 0 atom stereocenters. The summed E-state index contributed by atoms with van der Waals surface area (Å²) in [6, 6.07) is 0. The zero-order chi connectivity index (χ0) is 10.1. The van der Waals surface area contributed by atoms with E-state index < -0.39 is 0 Å². The lowest BCUT2D eigenvalue weighted by atomic mass is 10.2. The van der Waals surface area contributed by atoms with Crippen molar-refractivity contribution >= 4 is 25.4 Å². The first-order valence-corrected chi connectivity index (χ1v) is 4.69. The van der Waals surface area contributed by atoms with Crippen LogP contribution < -0.4 is 5.48 Å². The van der Waals surface area contributed by atoms with Crippen LogP contribution >= 0.6 is 13.5 Å². The maximum atomic E-state index is 10.9. The van der Waals surface area contributed by atoms with Gasteiger partial charge in [0.1, 0.15) is 0 Å². The highest BCUT2D eigenvalue weighted by Crippen LogP contribution is 1.99. The smallest absolute Gasteiger partial charge is 0.332 e.